The average Bonchev–Trinajstić information content (AvgIpc) is 2.63. The van der Waals surface area contributed by atoms with E-state index in [-0.39, 0.29) is 11.5 Å². The second kappa shape index (κ2) is 9.16. The molecule has 3 aromatic carbocycles. The fraction of sp³-hybridized carbons (Fsp3) is 0.200. The monoisotopic (exact) mass is 357 g/mol. The van der Waals surface area contributed by atoms with Gasteiger partial charge in [-0.05, 0) is 34.0 Å². The topological polar surface area (TPSA) is 66.8 Å². The molecule has 0 aliphatic heterocycles. The molecule has 0 spiro atoms. The predicted octanol–water partition coefficient (Wildman–Crippen LogP) is 6.05. The molecule has 0 saturated carbocycles. The highest BCUT2D eigenvalue weighted by molar-refractivity contribution is 7.32. The van der Waals surface area contributed by atoms with Crippen LogP contribution in [0.4, 0.5) is 0 Å². The lowest BCUT2D eigenvalue weighted by atomic mass is 9.98. The summed E-state index contributed by atoms with van der Waals surface area (Å²) in [6.07, 6.45) is 2.64. The van der Waals surface area contributed by atoms with Crippen molar-refractivity contribution in [3.8, 4) is 22.6 Å². The van der Waals surface area contributed by atoms with Crippen molar-refractivity contribution in [2.24, 2.45) is 0 Å². The first-order valence-electron chi connectivity index (χ1n) is 8.22. The Balaban J connectivity index is 0.000000511. The lowest BCUT2D eigenvalue weighted by molar-refractivity contribution is 0.389. The van der Waals surface area contributed by atoms with E-state index in [1.165, 1.54) is 25.0 Å². The zero-order valence-corrected chi connectivity index (χ0v) is 15.2. The van der Waals surface area contributed by atoms with Crippen LogP contribution in [-0.2, 0) is 4.57 Å². The summed E-state index contributed by atoms with van der Waals surface area (Å²) in [4.78, 5) is 8.73. The van der Waals surface area contributed by atoms with Crippen LogP contribution >= 0.6 is 8.25 Å². The minimum atomic E-state index is -2.80. The van der Waals surface area contributed by atoms with Crippen LogP contribution in [0.15, 0.2) is 60.7 Å². The molecule has 0 fully saturated rings. The molecule has 1 atom stereocenters. The van der Waals surface area contributed by atoms with Crippen molar-refractivity contribution < 1.29 is 19.1 Å². The molecule has 1 unspecified atom stereocenters. The fourth-order valence-corrected chi connectivity index (χ4v) is 2.65. The molecule has 0 heterocycles. The molecular formula is C20H22O4P+. The normalized spacial score (nSPS) is 10.8. The highest BCUT2D eigenvalue weighted by Gasteiger charge is 2.18. The molecule has 0 radical (unpaired) electrons. The Morgan fingerprint density at radius 1 is 0.960 bits per heavy atom. The van der Waals surface area contributed by atoms with E-state index < -0.39 is 8.25 Å². The van der Waals surface area contributed by atoms with Gasteiger partial charge in [0.05, 0.1) is 0 Å². The zero-order chi connectivity index (χ0) is 18.2. The minimum absolute atomic E-state index is 0.0115. The summed E-state index contributed by atoms with van der Waals surface area (Å²) in [6, 6.07) is 18.6. The first-order chi connectivity index (χ1) is 12.1. The molecule has 0 amide bonds. The Morgan fingerprint density at radius 3 is 2.28 bits per heavy atom. The van der Waals surface area contributed by atoms with Crippen molar-refractivity contribution in [1.29, 1.82) is 0 Å². The average molecular weight is 357 g/mol. The van der Waals surface area contributed by atoms with Gasteiger partial charge in [-0.1, -0.05) is 75.2 Å². The van der Waals surface area contributed by atoms with Gasteiger partial charge in [0.2, 0.25) is 5.75 Å². The Hall–Kier alpha value is -2.42. The maximum absolute atomic E-state index is 10.7. The van der Waals surface area contributed by atoms with Crippen molar-refractivity contribution in [3.63, 3.8) is 0 Å². The van der Waals surface area contributed by atoms with Gasteiger partial charge in [-0.2, -0.15) is 0 Å². The quantitative estimate of drug-likeness (QED) is 0.558. The Kier molecular flexibility index (Phi) is 6.93. The smallest absolute Gasteiger partial charge is 0.504 e. The number of phenolic OH excluding ortho intramolecular Hbond substituents is 1. The molecule has 0 aliphatic carbocycles. The van der Waals surface area contributed by atoms with E-state index in [0.29, 0.717) is 0 Å². The predicted molar refractivity (Wildman–Crippen MR) is 102 cm³/mol. The highest BCUT2D eigenvalue weighted by atomic mass is 31.1. The fourth-order valence-electron chi connectivity index (χ4n) is 2.32. The maximum atomic E-state index is 10.7. The van der Waals surface area contributed by atoms with Gasteiger partial charge in [-0.15, -0.1) is 4.89 Å². The van der Waals surface area contributed by atoms with Crippen molar-refractivity contribution in [2.75, 3.05) is 0 Å². The molecule has 5 heteroatoms. The molecule has 2 N–H and O–H groups in total. The number of hydrogen-bond acceptors (Lipinski definition) is 3. The van der Waals surface area contributed by atoms with Crippen molar-refractivity contribution >= 4 is 19.0 Å². The summed E-state index contributed by atoms with van der Waals surface area (Å²) in [5.41, 5.74) is 1.79. The maximum Gasteiger partial charge on any atom is 0.747 e. The largest absolute Gasteiger partial charge is 0.747 e. The Bertz CT molecular complexity index is 854. The van der Waals surface area contributed by atoms with Crippen LogP contribution < -0.4 is 4.52 Å². The minimum Gasteiger partial charge on any atom is -0.504 e. The van der Waals surface area contributed by atoms with Crippen LogP contribution in [0.5, 0.6) is 11.5 Å². The summed E-state index contributed by atoms with van der Waals surface area (Å²) in [6.45, 7) is 4.36. The molecule has 25 heavy (non-hydrogen) atoms. The third-order valence-electron chi connectivity index (χ3n) is 3.74. The van der Waals surface area contributed by atoms with Gasteiger partial charge in [0, 0.05) is 4.57 Å². The van der Waals surface area contributed by atoms with E-state index in [2.05, 4.69) is 18.4 Å². The van der Waals surface area contributed by atoms with E-state index in [1.54, 1.807) is 6.07 Å². The van der Waals surface area contributed by atoms with E-state index in [0.717, 1.165) is 21.9 Å². The zero-order valence-electron chi connectivity index (χ0n) is 14.3. The summed E-state index contributed by atoms with van der Waals surface area (Å²) in [5.74, 6) is -0.180. The van der Waals surface area contributed by atoms with Crippen molar-refractivity contribution in [1.82, 2.24) is 0 Å². The molecule has 3 rings (SSSR count). The summed E-state index contributed by atoms with van der Waals surface area (Å²) in [5, 5.41) is 12.1. The first-order valence-corrected chi connectivity index (χ1v) is 9.35. The standard InChI is InChI=1S/C16H11O4P.C4H10/c17-15-10-12(8-9-16(15)20-21(18)19)14-7-3-5-11-4-1-2-6-13(11)14;1-3-4-2/h1-10H,(H-,17,18,19);3-4H2,1-2H3/p+1. The highest BCUT2D eigenvalue weighted by Crippen LogP contribution is 2.37. The third kappa shape index (κ3) is 5.02. The van der Waals surface area contributed by atoms with Gasteiger partial charge in [0.25, 0.3) is 0 Å². The van der Waals surface area contributed by atoms with E-state index in [4.69, 9.17) is 4.89 Å². The van der Waals surface area contributed by atoms with Gasteiger partial charge in [0.1, 0.15) is 0 Å². The second-order valence-corrected chi connectivity index (χ2v) is 6.20. The van der Waals surface area contributed by atoms with E-state index >= 15 is 0 Å². The van der Waals surface area contributed by atoms with Crippen LogP contribution in [0.1, 0.15) is 26.7 Å². The Morgan fingerprint density at radius 2 is 1.64 bits per heavy atom. The third-order valence-corrected chi connectivity index (χ3v) is 4.09. The molecule has 0 bridgehead atoms. The van der Waals surface area contributed by atoms with Crippen LogP contribution in [-0.4, -0.2) is 10.00 Å². The lowest BCUT2D eigenvalue weighted by Crippen LogP contribution is -1.84. The van der Waals surface area contributed by atoms with Gasteiger partial charge >= 0.3 is 8.25 Å². The molecule has 0 aromatic heterocycles. The number of rotatable bonds is 4. The number of hydrogen-bond donors (Lipinski definition) is 2. The summed E-state index contributed by atoms with van der Waals surface area (Å²) in [7, 11) is -2.80. The van der Waals surface area contributed by atoms with Gasteiger partial charge in [-0.25, -0.2) is 4.52 Å². The first kappa shape index (κ1) is 18.9. The molecular weight excluding hydrogens is 335 g/mol. The molecule has 0 aliphatic rings. The molecule has 130 valence electrons. The van der Waals surface area contributed by atoms with E-state index in [9.17, 15) is 9.67 Å². The second-order valence-electron chi connectivity index (χ2n) is 5.54. The number of phenols is 1. The van der Waals surface area contributed by atoms with Crippen LogP contribution in [0.3, 0.4) is 0 Å². The van der Waals surface area contributed by atoms with Crippen LogP contribution in [0.25, 0.3) is 21.9 Å². The summed E-state index contributed by atoms with van der Waals surface area (Å²) >= 11 is 0. The lowest BCUT2D eigenvalue weighted by Gasteiger charge is -2.07. The van der Waals surface area contributed by atoms with Crippen molar-refractivity contribution in [2.45, 2.75) is 26.7 Å². The molecule has 3 aromatic rings. The molecule has 0 saturated heterocycles. The van der Waals surface area contributed by atoms with Crippen molar-refractivity contribution in [3.05, 3.63) is 60.7 Å². The number of fused-ring (bicyclic) bond motifs is 1. The number of aromatic hydroxyl groups is 1. The Labute approximate surface area is 148 Å². The van der Waals surface area contributed by atoms with E-state index in [1.807, 2.05) is 42.5 Å². The summed E-state index contributed by atoms with van der Waals surface area (Å²) < 4.78 is 15.3. The molecule has 4 nitrogen and oxygen atoms in total. The number of unbranched alkanes of at least 4 members (excludes halogenated alkanes) is 1. The van der Waals surface area contributed by atoms with Gasteiger partial charge in [0.15, 0.2) is 5.75 Å². The van der Waals surface area contributed by atoms with Crippen LogP contribution in [0.2, 0.25) is 0 Å². The van der Waals surface area contributed by atoms with Gasteiger partial charge < -0.3 is 5.11 Å². The number of benzene rings is 3. The van der Waals surface area contributed by atoms with Crippen LogP contribution in [0, 0.1) is 0 Å². The van der Waals surface area contributed by atoms with Gasteiger partial charge in [-0.3, -0.25) is 0 Å². The SMILES string of the molecule is CCCC.O=[P+](O)Oc1ccc(-c2cccc3ccccc23)cc1O.